The molecule has 0 amide bonds. The molecule has 1 rings (SSSR count). The zero-order chi connectivity index (χ0) is 9.68. The third-order valence-corrected chi connectivity index (χ3v) is 1.85. The van der Waals surface area contributed by atoms with Gasteiger partial charge in [0.05, 0.1) is 11.3 Å². The minimum atomic E-state index is 0.444. The highest BCUT2D eigenvalue weighted by molar-refractivity contribution is 5.60. The van der Waals surface area contributed by atoms with Gasteiger partial charge in [0.2, 0.25) is 0 Å². The van der Waals surface area contributed by atoms with Gasteiger partial charge in [-0.05, 0) is 18.1 Å². The molecule has 0 unspecified atom stereocenters. The topological polar surface area (TPSA) is 66.9 Å². The Kier molecular flexibility index (Phi) is 3.04. The minimum absolute atomic E-state index is 0.444. The number of benzene rings is 1. The normalized spacial score (nSPS) is 9.15. The van der Waals surface area contributed by atoms with Crippen LogP contribution in [0.3, 0.4) is 0 Å². The van der Waals surface area contributed by atoms with Crippen molar-refractivity contribution in [2.24, 2.45) is 0 Å². The number of nitrogen functional groups attached to an aromatic ring is 1. The van der Waals surface area contributed by atoms with Crippen molar-refractivity contribution in [1.82, 2.24) is 0 Å². The number of anilines is 1. The highest BCUT2D eigenvalue weighted by Gasteiger charge is 2.02. The van der Waals surface area contributed by atoms with E-state index in [9.17, 15) is 4.79 Å². The van der Waals surface area contributed by atoms with Crippen molar-refractivity contribution >= 4 is 12.0 Å². The number of para-hydroxylation sites is 1. The van der Waals surface area contributed by atoms with E-state index in [0.717, 1.165) is 11.8 Å². The number of nitriles is 1. The van der Waals surface area contributed by atoms with Crippen LogP contribution in [0.5, 0.6) is 0 Å². The second-order valence-corrected chi connectivity index (χ2v) is 2.70. The van der Waals surface area contributed by atoms with Crippen molar-refractivity contribution in [2.45, 2.75) is 12.8 Å². The smallest absolute Gasteiger partial charge is 0.120 e. The molecule has 0 spiro atoms. The quantitative estimate of drug-likeness (QED) is 0.554. The summed E-state index contributed by atoms with van der Waals surface area (Å²) >= 11 is 0. The largest absolute Gasteiger partial charge is 0.397 e. The number of nitrogens with two attached hydrogens (primary N) is 1. The fraction of sp³-hybridized carbons (Fsp3) is 0.200. The van der Waals surface area contributed by atoms with Crippen molar-refractivity contribution in [2.75, 3.05) is 5.73 Å². The molecule has 3 nitrogen and oxygen atoms in total. The van der Waals surface area contributed by atoms with Crippen LogP contribution < -0.4 is 5.73 Å². The van der Waals surface area contributed by atoms with Gasteiger partial charge in [-0.15, -0.1) is 0 Å². The maximum atomic E-state index is 10.1. The number of nitrogens with zero attached hydrogens (tertiary/aromatic N) is 1. The lowest BCUT2D eigenvalue weighted by Gasteiger charge is -2.03. The van der Waals surface area contributed by atoms with Crippen LogP contribution in [0.2, 0.25) is 0 Å². The molecule has 0 aliphatic heterocycles. The Labute approximate surface area is 76.8 Å². The fourth-order valence-corrected chi connectivity index (χ4v) is 1.14. The van der Waals surface area contributed by atoms with E-state index in [1.165, 1.54) is 0 Å². The Morgan fingerprint density at radius 3 is 2.92 bits per heavy atom. The molecule has 0 fully saturated rings. The molecule has 0 bridgehead atoms. The summed E-state index contributed by atoms with van der Waals surface area (Å²) in [7, 11) is 0. The van der Waals surface area contributed by atoms with Crippen molar-refractivity contribution in [3.05, 3.63) is 29.3 Å². The lowest BCUT2D eigenvalue weighted by atomic mass is 10.0. The summed E-state index contributed by atoms with van der Waals surface area (Å²) in [6.45, 7) is 0. The van der Waals surface area contributed by atoms with E-state index in [2.05, 4.69) is 0 Å². The molecule has 0 aliphatic rings. The van der Waals surface area contributed by atoms with Gasteiger partial charge in [-0.25, -0.2) is 0 Å². The number of carbonyl (C=O) groups is 1. The Hall–Kier alpha value is -1.82. The summed E-state index contributed by atoms with van der Waals surface area (Å²) in [5.74, 6) is 0. The van der Waals surface area contributed by atoms with E-state index in [0.29, 0.717) is 24.1 Å². The van der Waals surface area contributed by atoms with Gasteiger partial charge in [-0.1, -0.05) is 12.1 Å². The lowest BCUT2D eigenvalue weighted by molar-refractivity contribution is -0.107. The SMILES string of the molecule is N#Cc1cccc(CCC=O)c1N. The summed E-state index contributed by atoms with van der Waals surface area (Å²) in [6.07, 6.45) is 1.89. The van der Waals surface area contributed by atoms with Gasteiger partial charge < -0.3 is 10.5 Å². The van der Waals surface area contributed by atoms with Crippen LogP contribution in [0.1, 0.15) is 17.5 Å². The molecular formula is C10H10N2O. The van der Waals surface area contributed by atoms with E-state index >= 15 is 0 Å². The molecule has 0 saturated heterocycles. The molecule has 66 valence electrons. The van der Waals surface area contributed by atoms with Crippen LogP contribution in [0, 0.1) is 11.3 Å². The van der Waals surface area contributed by atoms with Crippen molar-refractivity contribution < 1.29 is 4.79 Å². The fourth-order valence-electron chi connectivity index (χ4n) is 1.14. The predicted molar refractivity (Wildman–Crippen MR) is 50.0 cm³/mol. The third kappa shape index (κ3) is 2.06. The van der Waals surface area contributed by atoms with Crippen molar-refractivity contribution in [1.29, 1.82) is 5.26 Å². The van der Waals surface area contributed by atoms with Gasteiger partial charge in [0.1, 0.15) is 12.4 Å². The molecular weight excluding hydrogens is 164 g/mol. The van der Waals surface area contributed by atoms with Crippen LogP contribution in [-0.4, -0.2) is 6.29 Å². The number of hydrogen-bond donors (Lipinski definition) is 1. The first-order valence-corrected chi connectivity index (χ1v) is 4.00. The first-order valence-electron chi connectivity index (χ1n) is 4.00. The first-order chi connectivity index (χ1) is 6.29. The van der Waals surface area contributed by atoms with E-state index in [1.807, 2.05) is 12.1 Å². The maximum Gasteiger partial charge on any atom is 0.120 e. The number of hydrogen-bond acceptors (Lipinski definition) is 3. The molecule has 1 aromatic rings. The molecule has 2 N–H and O–H groups in total. The van der Waals surface area contributed by atoms with Gasteiger partial charge in [-0.2, -0.15) is 5.26 Å². The summed E-state index contributed by atoms with van der Waals surface area (Å²) in [5, 5.41) is 8.67. The van der Waals surface area contributed by atoms with Gasteiger partial charge >= 0.3 is 0 Å². The molecule has 0 saturated carbocycles. The second kappa shape index (κ2) is 4.27. The number of carbonyl (C=O) groups excluding carboxylic acids is 1. The van der Waals surface area contributed by atoms with Crippen LogP contribution in [0.4, 0.5) is 5.69 Å². The van der Waals surface area contributed by atoms with Crippen molar-refractivity contribution in [3.63, 3.8) is 0 Å². The highest BCUT2D eigenvalue weighted by Crippen LogP contribution is 2.17. The zero-order valence-corrected chi connectivity index (χ0v) is 7.16. The molecule has 0 heterocycles. The Bertz CT molecular complexity index is 352. The molecule has 0 radical (unpaired) electrons. The summed E-state index contributed by atoms with van der Waals surface area (Å²) in [5.41, 5.74) is 7.53. The molecule has 3 heteroatoms. The van der Waals surface area contributed by atoms with Crippen LogP contribution in [-0.2, 0) is 11.2 Å². The van der Waals surface area contributed by atoms with E-state index in [1.54, 1.807) is 12.1 Å². The molecule has 1 aromatic carbocycles. The molecule has 0 atom stereocenters. The number of aldehydes is 1. The monoisotopic (exact) mass is 174 g/mol. The predicted octanol–water partition coefficient (Wildman–Crippen LogP) is 1.27. The zero-order valence-electron chi connectivity index (χ0n) is 7.16. The second-order valence-electron chi connectivity index (χ2n) is 2.70. The van der Waals surface area contributed by atoms with E-state index in [4.69, 9.17) is 11.0 Å². The summed E-state index contributed by atoms with van der Waals surface area (Å²) in [6, 6.07) is 7.27. The molecule has 0 aromatic heterocycles. The third-order valence-electron chi connectivity index (χ3n) is 1.85. The molecule has 0 aliphatic carbocycles. The Balaban J connectivity index is 2.95. The molecule has 13 heavy (non-hydrogen) atoms. The highest BCUT2D eigenvalue weighted by atomic mass is 16.1. The Morgan fingerprint density at radius 1 is 1.54 bits per heavy atom. The van der Waals surface area contributed by atoms with Gasteiger partial charge in [0.25, 0.3) is 0 Å². The number of rotatable bonds is 3. The van der Waals surface area contributed by atoms with Gasteiger partial charge in [0.15, 0.2) is 0 Å². The lowest BCUT2D eigenvalue weighted by Crippen LogP contribution is -1.97. The Morgan fingerprint density at radius 2 is 2.31 bits per heavy atom. The maximum absolute atomic E-state index is 10.1. The van der Waals surface area contributed by atoms with Crippen LogP contribution in [0.15, 0.2) is 18.2 Å². The van der Waals surface area contributed by atoms with Crippen molar-refractivity contribution in [3.8, 4) is 6.07 Å². The van der Waals surface area contributed by atoms with Crippen LogP contribution in [0.25, 0.3) is 0 Å². The van der Waals surface area contributed by atoms with Gasteiger partial charge in [0, 0.05) is 6.42 Å². The average Bonchev–Trinajstić information content (AvgIpc) is 2.16. The standard InChI is InChI=1S/C10H10N2O/c11-7-9-4-1-3-8(10(9)12)5-2-6-13/h1,3-4,6H,2,5,12H2. The number of aryl methyl sites for hydroxylation is 1. The summed E-state index contributed by atoms with van der Waals surface area (Å²) < 4.78 is 0. The average molecular weight is 174 g/mol. The first kappa shape index (κ1) is 9.27. The summed E-state index contributed by atoms with van der Waals surface area (Å²) in [4.78, 5) is 10.1. The van der Waals surface area contributed by atoms with E-state index in [-0.39, 0.29) is 0 Å². The van der Waals surface area contributed by atoms with E-state index < -0.39 is 0 Å². The van der Waals surface area contributed by atoms with Gasteiger partial charge in [-0.3, -0.25) is 0 Å². The van der Waals surface area contributed by atoms with Crippen LogP contribution >= 0.6 is 0 Å². The minimum Gasteiger partial charge on any atom is -0.397 e.